The predicted molar refractivity (Wildman–Crippen MR) is 75.5 cm³/mol. The van der Waals surface area contributed by atoms with Crippen molar-refractivity contribution < 1.29 is 0 Å². The number of fused-ring (bicyclic) bond motifs is 1. The van der Waals surface area contributed by atoms with Gasteiger partial charge in [0.05, 0.1) is 17.0 Å². The van der Waals surface area contributed by atoms with E-state index in [4.69, 9.17) is 0 Å². The monoisotopic (exact) mass is 256 g/mol. The van der Waals surface area contributed by atoms with Crippen LogP contribution in [0.2, 0.25) is 0 Å². The standard InChI is InChI=1S/C15H16N2S/c16-10-12-6-2-4-8-14(12)18-15-9-11-5-1-3-7-13(11)17-15/h1,3,5,7,9,12,14,17H,2,4,6,8H2. The molecule has 0 saturated heterocycles. The average Bonchev–Trinajstić information content (AvgIpc) is 2.81. The second-order valence-corrected chi connectivity index (χ2v) is 6.18. The smallest absolute Gasteiger partial charge is 0.0735 e. The molecule has 92 valence electrons. The highest BCUT2D eigenvalue weighted by atomic mass is 32.2. The molecule has 0 radical (unpaired) electrons. The Morgan fingerprint density at radius 3 is 2.89 bits per heavy atom. The summed E-state index contributed by atoms with van der Waals surface area (Å²) in [5, 5.41) is 12.1. The van der Waals surface area contributed by atoms with E-state index in [0.717, 1.165) is 12.8 Å². The SMILES string of the molecule is N#CC1CCCCC1Sc1cc2ccccc2[nH]1. The molecular formula is C15H16N2S. The van der Waals surface area contributed by atoms with Crippen molar-refractivity contribution in [2.45, 2.75) is 36.0 Å². The van der Waals surface area contributed by atoms with Gasteiger partial charge in [-0.1, -0.05) is 31.0 Å². The molecule has 2 nitrogen and oxygen atoms in total. The van der Waals surface area contributed by atoms with Crippen molar-refractivity contribution in [3.05, 3.63) is 30.3 Å². The first-order chi connectivity index (χ1) is 8.86. The quantitative estimate of drug-likeness (QED) is 0.868. The third kappa shape index (κ3) is 2.26. The number of hydrogen-bond donors (Lipinski definition) is 1. The van der Waals surface area contributed by atoms with Gasteiger partial charge in [-0.15, -0.1) is 11.8 Å². The van der Waals surface area contributed by atoms with Crippen LogP contribution in [0.15, 0.2) is 35.4 Å². The molecule has 1 aliphatic rings. The Bertz CT molecular complexity index is 548. The molecule has 1 fully saturated rings. The molecular weight excluding hydrogens is 240 g/mol. The van der Waals surface area contributed by atoms with Crippen LogP contribution in [0.25, 0.3) is 10.9 Å². The molecule has 2 unspecified atom stereocenters. The summed E-state index contributed by atoms with van der Waals surface area (Å²) >= 11 is 1.84. The minimum Gasteiger partial charge on any atom is -0.350 e. The number of nitrogens with zero attached hydrogens (tertiary/aromatic N) is 1. The Kier molecular flexibility index (Phi) is 3.29. The molecule has 3 heteroatoms. The highest BCUT2D eigenvalue weighted by Crippen LogP contribution is 2.37. The zero-order valence-corrected chi connectivity index (χ0v) is 11.0. The fraction of sp³-hybridized carbons (Fsp3) is 0.400. The lowest BCUT2D eigenvalue weighted by Crippen LogP contribution is -2.20. The molecule has 1 saturated carbocycles. The summed E-state index contributed by atoms with van der Waals surface area (Å²) in [5.74, 6) is 0.218. The number of nitrogens with one attached hydrogen (secondary N) is 1. The number of H-pyrrole nitrogens is 1. The molecule has 1 N–H and O–H groups in total. The molecule has 2 aromatic rings. The van der Waals surface area contributed by atoms with Gasteiger partial charge in [0.25, 0.3) is 0 Å². The van der Waals surface area contributed by atoms with Crippen LogP contribution in [-0.4, -0.2) is 10.2 Å². The summed E-state index contributed by atoms with van der Waals surface area (Å²) in [6.45, 7) is 0. The van der Waals surface area contributed by atoms with Crippen LogP contribution in [0.3, 0.4) is 0 Å². The number of nitriles is 1. The van der Waals surface area contributed by atoms with Crippen molar-refractivity contribution >= 4 is 22.7 Å². The number of aromatic nitrogens is 1. The van der Waals surface area contributed by atoms with E-state index < -0.39 is 0 Å². The minimum atomic E-state index is 0.218. The predicted octanol–water partition coefficient (Wildman–Crippen LogP) is 4.34. The summed E-state index contributed by atoms with van der Waals surface area (Å²) < 4.78 is 0. The Labute approximate surface area is 111 Å². The topological polar surface area (TPSA) is 39.6 Å². The van der Waals surface area contributed by atoms with Gasteiger partial charge in [0.15, 0.2) is 0 Å². The van der Waals surface area contributed by atoms with Crippen molar-refractivity contribution in [3.8, 4) is 6.07 Å². The van der Waals surface area contributed by atoms with Crippen LogP contribution in [0, 0.1) is 17.2 Å². The van der Waals surface area contributed by atoms with Crippen LogP contribution in [0.5, 0.6) is 0 Å². The second kappa shape index (κ2) is 5.07. The average molecular weight is 256 g/mol. The molecule has 3 rings (SSSR count). The fourth-order valence-corrected chi connectivity index (χ4v) is 3.99. The van der Waals surface area contributed by atoms with Gasteiger partial charge in [-0.05, 0) is 25.0 Å². The number of aromatic amines is 1. The molecule has 0 amide bonds. The Hall–Kier alpha value is -1.40. The van der Waals surface area contributed by atoms with E-state index in [9.17, 15) is 5.26 Å². The van der Waals surface area contributed by atoms with Crippen LogP contribution >= 0.6 is 11.8 Å². The highest BCUT2D eigenvalue weighted by molar-refractivity contribution is 7.99. The lowest BCUT2D eigenvalue weighted by Gasteiger charge is -2.25. The van der Waals surface area contributed by atoms with E-state index in [1.807, 2.05) is 17.8 Å². The van der Waals surface area contributed by atoms with Crippen LogP contribution in [0.1, 0.15) is 25.7 Å². The maximum Gasteiger partial charge on any atom is 0.0735 e. The lowest BCUT2D eigenvalue weighted by molar-refractivity contribution is 0.439. The summed E-state index contributed by atoms with van der Waals surface area (Å²) in [4.78, 5) is 3.44. The van der Waals surface area contributed by atoms with Gasteiger partial charge >= 0.3 is 0 Å². The zero-order chi connectivity index (χ0) is 12.4. The van der Waals surface area contributed by atoms with E-state index >= 15 is 0 Å². The minimum absolute atomic E-state index is 0.218. The third-order valence-electron chi connectivity index (χ3n) is 3.65. The molecule has 0 spiro atoms. The molecule has 1 aliphatic carbocycles. The largest absolute Gasteiger partial charge is 0.350 e. The normalized spacial score (nSPS) is 23.9. The van der Waals surface area contributed by atoms with Gasteiger partial charge in [0.1, 0.15) is 0 Å². The van der Waals surface area contributed by atoms with Crippen molar-refractivity contribution in [2.24, 2.45) is 5.92 Å². The van der Waals surface area contributed by atoms with Crippen LogP contribution < -0.4 is 0 Å². The first kappa shape index (κ1) is 11.7. The number of rotatable bonds is 2. The number of thioether (sulfide) groups is 1. The summed E-state index contributed by atoms with van der Waals surface area (Å²) in [6.07, 6.45) is 4.70. The maximum atomic E-state index is 9.21. The lowest BCUT2D eigenvalue weighted by atomic mass is 9.90. The summed E-state index contributed by atoms with van der Waals surface area (Å²) in [5.41, 5.74) is 1.18. The third-order valence-corrected chi connectivity index (χ3v) is 4.99. The van der Waals surface area contributed by atoms with Crippen LogP contribution in [-0.2, 0) is 0 Å². The molecule has 0 bridgehead atoms. The molecule has 1 heterocycles. The van der Waals surface area contributed by atoms with Gasteiger partial charge in [-0.25, -0.2) is 0 Å². The maximum absolute atomic E-state index is 9.21. The van der Waals surface area contributed by atoms with Gasteiger partial charge < -0.3 is 4.98 Å². The number of benzene rings is 1. The van der Waals surface area contributed by atoms with E-state index in [-0.39, 0.29) is 5.92 Å². The van der Waals surface area contributed by atoms with Gasteiger partial charge in [0, 0.05) is 16.2 Å². The van der Waals surface area contributed by atoms with E-state index in [2.05, 4.69) is 35.3 Å². The van der Waals surface area contributed by atoms with Crippen molar-refractivity contribution in [1.29, 1.82) is 5.26 Å². The summed E-state index contributed by atoms with van der Waals surface area (Å²) in [6, 6.07) is 13.0. The summed E-state index contributed by atoms with van der Waals surface area (Å²) in [7, 11) is 0. The first-order valence-corrected chi connectivity index (χ1v) is 7.39. The van der Waals surface area contributed by atoms with E-state index in [1.54, 1.807) is 0 Å². The Morgan fingerprint density at radius 1 is 1.22 bits per heavy atom. The van der Waals surface area contributed by atoms with Gasteiger partial charge in [0.2, 0.25) is 0 Å². The molecule has 1 aromatic heterocycles. The van der Waals surface area contributed by atoms with E-state index in [1.165, 1.54) is 28.8 Å². The van der Waals surface area contributed by atoms with Crippen molar-refractivity contribution in [2.75, 3.05) is 0 Å². The molecule has 1 aromatic carbocycles. The van der Waals surface area contributed by atoms with E-state index in [0.29, 0.717) is 5.25 Å². The van der Waals surface area contributed by atoms with Gasteiger partial charge in [-0.3, -0.25) is 0 Å². The Balaban J connectivity index is 1.81. The molecule has 18 heavy (non-hydrogen) atoms. The van der Waals surface area contributed by atoms with Crippen molar-refractivity contribution in [3.63, 3.8) is 0 Å². The van der Waals surface area contributed by atoms with Crippen molar-refractivity contribution in [1.82, 2.24) is 4.98 Å². The highest BCUT2D eigenvalue weighted by Gasteiger charge is 2.26. The molecule has 2 atom stereocenters. The van der Waals surface area contributed by atoms with Crippen LogP contribution in [0.4, 0.5) is 0 Å². The second-order valence-electron chi connectivity index (χ2n) is 4.90. The Morgan fingerprint density at radius 2 is 2.06 bits per heavy atom. The fourth-order valence-electron chi connectivity index (χ4n) is 2.66. The number of para-hydroxylation sites is 1. The number of hydrogen-bond acceptors (Lipinski definition) is 2. The zero-order valence-electron chi connectivity index (χ0n) is 10.2. The first-order valence-electron chi connectivity index (χ1n) is 6.51. The molecule has 0 aliphatic heterocycles. The van der Waals surface area contributed by atoms with Gasteiger partial charge in [-0.2, -0.15) is 5.26 Å².